The molecule has 5 heteroatoms. The number of hydrazine groups is 1. The summed E-state index contributed by atoms with van der Waals surface area (Å²) in [6.07, 6.45) is 2.57. The first-order valence-corrected chi connectivity index (χ1v) is 8.94. The van der Waals surface area contributed by atoms with E-state index < -0.39 is 9.84 Å². The normalized spacial score (nSPS) is 14.2. The molecule has 20 heavy (non-hydrogen) atoms. The Morgan fingerprint density at radius 1 is 1.25 bits per heavy atom. The van der Waals surface area contributed by atoms with Crippen LogP contribution in [0.15, 0.2) is 24.3 Å². The number of benzene rings is 1. The molecule has 0 spiro atoms. The molecule has 1 aromatic carbocycles. The zero-order valence-corrected chi connectivity index (χ0v) is 13.6. The molecule has 0 radical (unpaired) electrons. The molecule has 1 unspecified atom stereocenters. The zero-order chi connectivity index (χ0) is 15.4. The van der Waals surface area contributed by atoms with Crippen LogP contribution in [0.25, 0.3) is 0 Å². The first-order valence-electron chi connectivity index (χ1n) is 6.88. The average Bonchev–Trinajstić information content (AvgIpc) is 2.32. The third-order valence-corrected chi connectivity index (χ3v) is 4.38. The van der Waals surface area contributed by atoms with Gasteiger partial charge in [0.15, 0.2) is 0 Å². The van der Waals surface area contributed by atoms with Gasteiger partial charge in [0.2, 0.25) is 0 Å². The highest BCUT2D eigenvalue weighted by Gasteiger charge is 2.22. The second-order valence-corrected chi connectivity index (χ2v) is 8.59. The molecule has 0 saturated heterocycles. The molecule has 1 rings (SSSR count). The van der Waals surface area contributed by atoms with Crippen molar-refractivity contribution in [3.63, 3.8) is 0 Å². The van der Waals surface area contributed by atoms with Gasteiger partial charge >= 0.3 is 0 Å². The van der Waals surface area contributed by atoms with Crippen molar-refractivity contribution in [2.24, 2.45) is 5.84 Å². The second kappa shape index (κ2) is 6.70. The Labute approximate surface area is 122 Å². The van der Waals surface area contributed by atoms with Gasteiger partial charge in [0, 0.05) is 18.1 Å². The summed E-state index contributed by atoms with van der Waals surface area (Å²) in [6.45, 7) is 6.49. The molecule has 0 bridgehead atoms. The van der Waals surface area contributed by atoms with Crippen LogP contribution in [0.2, 0.25) is 0 Å². The van der Waals surface area contributed by atoms with Gasteiger partial charge in [-0.2, -0.15) is 0 Å². The SMILES string of the molecule is CC(C)(C)c1ccccc1C(CCCS(C)(=O)=O)NN. The van der Waals surface area contributed by atoms with Crippen LogP contribution in [-0.4, -0.2) is 20.4 Å². The summed E-state index contributed by atoms with van der Waals surface area (Å²) < 4.78 is 22.4. The first kappa shape index (κ1) is 17.1. The van der Waals surface area contributed by atoms with Gasteiger partial charge in [-0.3, -0.25) is 11.3 Å². The fourth-order valence-electron chi connectivity index (χ4n) is 2.36. The monoisotopic (exact) mass is 298 g/mol. The standard InChI is InChI=1S/C15H26N2O2S/c1-15(2,3)13-9-6-5-8-12(13)14(17-16)10-7-11-20(4,18)19/h5-6,8-9,14,17H,7,10-11,16H2,1-4H3. The Kier molecular flexibility index (Phi) is 5.74. The number of sulfone groups is 1. The minimum absolute atomic E-state index is 0.0211. The van der Waals surface area contributed by atoms with Crippen LogP contribution in [-0.2, 0) is 15.3 Å². The van der Waals surface area contributed by atoms with Crippen molar-refractivity contribution in [3.05, 3.63) is 35.4 Å². The molecule has 0 amide bonds. The predicted octanol–water partition coefficient (Wildman–Crippen LogP) is 2.31. The van der Waals surface area contributed by atoms with E-state index in [0.717, 1.165) is 5.56 Å². The van der Waals surface area contributed by atoms with Crippen LogP contribution in [0.3, 0.4) is 0 Å². The molecular weight excluding hydrogens is 272 g/mol. The molecule has 0 aliphatic heterocycles. The number of hydrogen-bond acceptors (Lipinski definition) is 4. The summed E-state index contributed by atoms with van der Waals surface area (Å²) in [4.78, 5) is 0. The maximum absolute atomic E-state index is 11.2. The van der Waals surface area contributed by atoms with E-state index in [2.05, 4.69) is 38.3 Å². The van der Waals surface area contributed by atoms with E-state index in [4.69, 9.17) is 5.84 Å². The third-order valence-electron chi connectivity index (χ3n) is 3.35. The predicted molar refractivity (Wildman–Crippen MR) is 84.2 cm³/mol. The molecule has 0 saturated carbocycles. The smallest absolute Gasteiger partial charge is 0.147 e. The first-order chi connectivity index (χ1) is 9.15. The number of nitrogens with one attached hydrogen (secondary N) is 1. The summed E-state index contributed by atoms with van der Waals surface area (Å²) in [7, 11) is -2.92. The summed E-state index contributed by atoms with van der Waals surface area (Å²) in [5.41, 5.74) is 5.24. The van der Waals surface area contributed by atoms with Gasteiger partial charge < -0.3 is 0 Å². The maximum Gasteiger partial charge on any atom is 0.147 e. The van der Waals surface area contributed by atoms with Crippen molar-refractivity contribution in [1.29, 1.82) is 0 Å². The molecule has 3 N–H and O–H groups in total. The highest BCUT2D eigenvalue weighted by molar-refractivity contribution is 7.90. The third kappa shape index (κ3) is 5.23. The van der Waals surface area contributed by atoms with Gasteiger partial charge in [0.1, 0.15) is 9.84 Å². The molecule has 114 valence electrons. The summed E-state index contributed by atoms with van der Waals surface area (Å²) in [5.74, 6) is 5.86. The van der Waals surface area contributed by atoms with E-state index in [1.54, 1.807) is 0 Å². The molecule has 0 fully saturated rings. The fraction of sp³-hybridized carbons (Fsp3) is 0.600. The molecular formula is C15H26N2O2S. The van der Waals surface area contributed by atoms with E-state index in [-0.39, 0.29) is 17.2 Å². The van der Waals surface area contributed by atoms with Crippen molar-refractivity contribution in [1.82, 2.24) is 5.43 Å². The van der Waals surface area contributed by atoms with Gasteiger partial charge in [0.05, 0.1) is 0 Å². The topological polar surface area (TPSA) is 72.2 Å². The minimum atomic E-state index is -2.92. The van der Waals surface area contributed by atoms with Crippen LogP contribution >= 0.6 is 0 Å². The lowest BCUT2D eigenvalue weighted by atomic mass is 9.81. The fourth-order valence-corrected chi connectivity index (χ4v) is 3.05. The lowest BCUT2D eigenvalue weighted by Gasteiger charge is -2.27. The van der Waals surface area contributed by atoms with E-state index in [0.29, 0.717) is 12.8 Å². The highest BCUT2D eigenvalue weighted by Crippen LogP contribution is 2.31. The Bertz CT molecular complexity index is 533. The van der Waals surface area contributed by atoms with Crippen molar-refractivity contribution < 1.29 is 8.42 Å². The second-order valence-electron chi connectivity index (χ2n) is 6.33. The largest absolute Gasteiger partial charge is 0.271 e. The lowest BCUT2D eigenvalue weighted by molar-refractivity contribution is 0.488. The number of nitrogens with two attached hydrogens (primary N) is 1. The highest BCUT2D eigenvalue weighted by atomic mass is 32.2. The molecule has 1 atom stereocenters. The van der Waals surface area contributed by atoms with Crippen LogP contribution in [0.4, 0.5) is 0 Å². The average molecular weight is 298 g/mol. The number of rotatable bonds is 6. The van der Waals surface area contributed by atoms with Gasteiger partial charge in [-0.15, -0.1) is 0 Å². The van der Waals surface area contributed by atoms with Crippen LogP contribution in [0.5, 0.6) is 0 Å². The molecule has 0 aliphatic carbocycles. The Hall–Kier alpha value is -0.910. The van der Waals surface area contributed by atoms with Crippen LogP contribution in [0, 0.1) is 0 Å². The number of hydrogen-bond donors (Lipinski definition) is 2. The van der Waals surface area contributed by atoms with E-state index in [1.807, 2.05) is 12.1 Å². The van der Waals surface area contributed by atoms with Gasteiger partial charge in [-0.05, 0) is 29.4 Å². The summed E-state index contributed by atoms with van der Waals surface area (Å²) >= 11 is 0. The summed E-state index contributed by atoms with van der Waals surface area (Å²) in [5, 5.41) is 0. The van der Waals surface area contributed by atoms with E-state index in [1.165, 1.54) is 11.8 Å². The Morgan fingerprint density at radius 3 is 2.35 bits per heavy atom. The Balaban J connectivity index is 2.90. The summed E-state index contributed by atoms with van der Waals surface area (Å²) in [6, 6.07) is 8.16. The lowest BCUT2D eigenvalue weighted by Crippen LogP contribution is -2.30. The Morgan fingerprint density at radius 2 is 1.85 bits per heavy atom. The van der Waals surface area contributed by atoms with Crippen LogP contribution in [0.1, 0.15) is 50.8 Å². The van der Waals surface area contributed by atoms with Crippen molar-refractivity contribution in [2.45, 2.75) is 45.1 Å². The quantitative estimate of drug-likeness (QED) is 0.624. The van der Waals surface area contributed by atoms with Gasteiger partial charge in [0.25, 0.3) is 0 Å². The van der Waals surface area contributed by atoms with Crippen molar-refractivity contribution >= 4 is 9.84 Å². The molecule has 0 heterocycles. The van der Waals surface area contributed by atoms with Gasteiger partial charge in [-0.25, -0.2) is 8.42 Å². The zero-order valence-electron chi connectivity index (χ0n) is 12.8. The minimum Gasteiger partial charge on any atom is -0.271 e. The van der Waals surface area contributed by atoms with Crippen molar-refractivity contribution in [3.8, 4) is 0 Å². The van der Waals surface area contributed by atoms with Crippen molar-refractivity contribution in [2.75, 3.05) is 12.0 Å². The van der Waals surface area contributed by atoms with E-state index >= 15 is 0 Å². The van der Waals surface area contributed by atoms with Crippen LogP contribution < -0.4 is 11.3 Å². The molecule has 0 aromatic heterocycles. The molecule has 4 nitrogen and oxygen atoms in total. The van der Waals surface area contributed by atoms with E-state index in [9.17, 15) is 8.42 Å². The van der Waals surface area contributed by atoms with Gasteiger partial charge in [-0.1, -0.05) is 45.0 Å². The molecule has 1 aromatic rings. The molecule has 0 aliphatic rings. The maximum atomic E-state index is 11.2.